The van der Waals surface area contributed by atoms with Gasteiger partial charge in [0.1, 0.15) is 11.6 Å². The molecule has 0 saturated heterocycles. The lowest BCUT2D eigenvalue weighted by Gasteiger charge is -2.14. The molecular weight excluding hydrogens is 329 g/mol. The van der Waals surface area contributed by atoms with E-state index in [0.29, 0.717) is 18.3 Å². The number of nitrogens with one attached hydrogen (secondary N) is 2. The van der Waals surface area contributed by atoms with Gasteiger partial charge in [-0.2, -0.15) is 4.98 Å². The van der Waals surface area contributed by atoms with Crippen LogP contribution in [0.4, 0.5) is 16.2 Å². The van der Waals surface area contributed by atoms with Crippen LogP contribution in [0.2, 0.25) is 0 Å². The maximum absolute atomic E-state index is 13.4. The van der Waals surface area contributed by atoms with Crippen molar-refractivity contribution in [2.24, 2.45) is 0 Å². The Hall–Kier alpha value is -3.02. The fourth-order valence-electron chi connectivity index (χ4n) is 2.43. The molecule has 6 heteroatoms. The molecule has 0 fully saturated rings. The van der Waals surface area contributed by atoms with Crippen molar-refractivity contribution in [2.75, 3.05) is 10.6 Å². The zero-order chi connectivity index (χ0) is 18.4. The first-order valence-corrected chi connectivity index (χ1v) is 8.68. The molecule has 0 aliphatic heterocycles. The van der Waals surface area contributed by atoms with Gasteiger partial charge in [0.15, 0.2) is 0 Å². The number of anilines is 2. The van der Waals surface area contributed by atoms with E-state index in [9.17, 15) is 4.39 Å². The second kappa shape index (κ2) is 8.38. The van der Waals surface area contributed by atoms with Crippen molar-refractivity contribution < 1.29 is 4.39 Å². The Labute approximate surface area is 152 Å². The van der Waals surface area contributed by atoms with Gasteiger partial charge in [0.25, 0.3) is 0 Å². The second-order valence-electron chi connectivity index (χ2n) is 6.14. The molecular formula is C20H22FN5. The average molecular weight is 351 g/mol. The third-order valence-corrected chi connectivity index (χ3v) is 4.05. The third kappa shape index (κ3) is 4.75. The van der Waals surface area contributed by atoms with Gasteiger partial charge in [0.2, 0.25) is 5.95 Å². The van der Waals surface area contributed by atoms with E-state index in [-0.39, 0.29) is 11.9 Å². The van der Waals surface area contributed by atoms with Crippen LogP contribution in [-0.4, -0.2) is 21.0 Å². The van der Waals surface area contributed by atoms with Gasteiger partial charge in [-0.1, -0.05) is 19.1 Å². The second-order valence-corrected chi connectivity index (χ2v) is 6.14. The van der Waals surface area contributed by atoms with E-state index in [4.69, 9.17) is 0 Å². The van der Waals surface area contributed by atoms with E-state index in [1.54, 1.807) is 18.5 Å². The Balaban J connectivity index is 1.86. The van der Waals surface area contributed by atoms with Gasteiger partial charge >= 0.3 is 0 Å². The van der Waals surface area contributed by atoms with E-state index in [0.717, 1.165) is 23.2 Å². The molecule has 1 atom stereocenters. The lowest BCUT2D eigenvalue weighted by molar-refractivity contribution is 0.626. The predicted octanol–water partition coefficient (Wildman–Crippen LogP) is 4.50. The van der Waals surface area contributed by atoms with E-state index in [1.807, 2.05) is 24.3 Å². The molecule has 0 saturated carbocycles. The summed E-state index contributed by atoms with van der Waals surface area (Å²) in [5.74, 6) is 1.00. The molecule has 0 aliphatic carbocycles. The van der Waals surface area contributed by atoms with Crippen LogP contribution in [0.1, 0.15) is 25.8 Å². The van der Waals surface area contributed by atoms with Gasteiger partial charge in [-0.25, -0.2) is 9.37 Å². The summed E-state index contributed by atoms with van der Waals surface area (Å²) in [6, 6.07) is 12.5. The van der Waals surface area contributed by atoms with E-state index >= 15 is 0 Å². The first-order valence-electron chi connectivity index (χ1n) is 8.68. The zero-order valence-corrected chi connectivity index (χ0v) is 14.9. The summed E-state index contributed by atoms with van der Waals surface area (Å²) in [6.07, 6.45) is 4.44. The van der Waals surface area contributed by atoms with Crippen LogP contribution in [-0.2, 0) is 6.54 Å². The Bertz CT molecular complexity index is 854. The molecule has 3 aromatic rings. The highest BCUT2D eigenvalue weighted by Crippen LogP contribution is 2.22. The van der Waals surface area contributed by atoms with Crippen molar-refractivity contribution >= 4 is 11.8 Å². The number of aromatic nitrogens is 3. The van der Waals surface area contributed by atoms with Crippen LogP contribution >= 0.6 is 0 Å². The molecule has 134 valence electrons. The summed E-state index contributed by atoms with van der Waals surface area (Å²) in [7, 11) is 0. The molecule has 5 nitrogen and oxygen atoms in total. The fraction of sp³-hybridized carbons (Fsp3) is 0.250. The maximum atomic E-state index is 13.4. The number of benzene rings is 1. The fourth-order valence-corrected chi connectivity index (χ4v) is 2.43. The lowest BCUT2D eigenvalue weighted by Crippen LogP contribution is -2.16. The molecule has 2 heterocycles. The van der Waals surface area contributed by atoms with Crippen molar-refractivity contribution in [3.63, 3.8) is 0 Å². The topological polar surface area (TPSA) is 62.7 Å². The van der Waals surface area contributed by atoms with E-state index in [1.165, 1.54) is 12.1 Å². The summed E-state index contributed by atoms with van der Waals surface area (Å²) >= 11 is 0. The lowest BCUT2D eigenvalue weighted by atomic mass is 10.2. The van der Waals surface area contributed by atoms with Crippen LogP contribution in [0.5, 0.6) is 0 Å². The first-order chi connectivity index (χ1) is 12.6. The van der Waals surface area contributed by atoms with Gasteiger partial charge in [-0.05, 0) is 43.2 Å². The molecule has 0 aliphatic rings. The van der Waals surface area contributed by atoms with Gasteiger partial charge in [0, 0.05) is 36.6 Å². The van der Waals surface area contributed by atoms with Crippen molar-refractivity contribution in [1.29, 1.82) is 0 Å². The Morgan fingerprint density at radius 1 is 1.08 bits per heavy atom. The number of halogens is 1. The number of hydrogen-bond donors (Lipinski definition) is 2. The molecule has 2 N–H and O–H groups in total. The Morgan fingerprint density at radius 2 is 1.88 bits per heavy atom. The summed E-state index contributed by atoms with van der Waals surface area (Å²) in [5.41, 5.74) is 2.61. The molecule has 0 amide bonds. The number of hydrogen-bond acceptors (Lipinski definition) is 5. The van der Waals surface area contributed by atoms with E-state index < -0.39 is 0 Å². The molecule has 0 bridgehead atoms. The van der Waals surface area contributed by atoms with Crippen molar-refractivity contribution in [3.8, 4) is 11.3 Å². The molecule has 0 unspecified atom stereocenters. The number of pyridine rings is 1. The van der Waals surface area contributed by atoms with Crippen LogP contribution in [0.15, 0.2) is 54.9 Å². The first kappa shape index (κ1) is 17.8. The van der Waals surface area contributed by atoms with Crippen LogP contribution in [0, 0.1) is 5.82 Å². The highest BCUT2D eigenvalue weighted by molar-refractivity contribution is 5.64. The molecule has 3 rings (SSSR count). The molecule has 0 radical (unpaired) electrons. The SMILES string of the molecule is CC[C@@H](C)Nc1nc(NCc2cccc(F)c2)cc(-c2ccncc2)n1. The molecule has 2 aromatic heterocycles. The van der Waals surface area contributed by atoms with Gasteiger partial charge in [-0.3, -0.25) is 4.98 Å². The summed E-state index contributed by atoms with van der Waals surface area (Å²) in [5, 5.41) is 6.57. The van der Waals surface area contributed by atoms with Crippen molar-refractivity contribution in [3.05, 3.63) is 66.2 Å². The number of nitrogens with zero attached hydrogens (tertiary/aromatic N) is 3. The minimum atomic E-state index is -0.247. The molecule has 1 aromatic carbocycles. The Kier molecular flexibility index (Phi) is 5.73. The summed E-state index contributed by atoms with van der Waals surface area (Å²) in [6.45, 7) is 4.67. The highest BCUT2D eigenvalue weighted by Gasteiger charge is 2.09. The van der Waals surface area contributed by atoms with Gasteiger partial charge < -0.3 is 10.6 Å². The third-order valence-electron chi connectivity index (χ3n) is 4.05. The van der Waals surface area contributed by atoms with Gasteiger partial charge in [0.05, 0.1) is 5.69 Å². The molecule has 0 spiro atoms. The van der Waals surface area contributed by atoms with Crippen molar-refractivity contribution in [2.45, 2.75) is 32.9 Å². The smallest absolute Gasteiger partial charge is 0.225 e. The normalized spacial score (nSPS) is 11.8. The van der Waals surface area contributed by atoms with Crippen LogP contribution in [0.3, 0.4) is 0 Å². The standard InChI is InChI=1S/C20H22FN5/c1-3-14(2)24-20-25-18(16-7-9-22-10-8-16)12-19(26-20)23-13-15-5-4-6-17(21)11-15/h4-12,14H,3,13H2,1-2H3,(H2,23,24,25,26)/t14-/m1/s1. The molecule has 26 heavy (non-hydrogen) atoms. The van der Waals surface area contributed by atoms with Crippen LogP contribution in [0.25, 0.3) is 11.3 Å². The maximum Gasteiger partial charge on any atom is 0.225 e. The Morgan fingerprint density at radius 3 is 2.62 bits per heavy atom. The summed E-state index contributed by atoms with van der Waals surface area (Å²) in [4.78, 5) is 13.2. The zero-order valence-electron chi connectivity index (χ0n) is 14.9. The predicted molar refractivity (Wildman–Crippen MR) is 102 cm³/mol. The van der Waals surface area contributed by atoms with Gasteiger partial charge in [-0.15, -0.1) is 0 Å². The summed E-state index contributed by atoms with van der Waals surface area (Å²) < 4.78 is 13.4. The minimum absolute atomic E-state index is 0.247. The van der Waals surface area contributed by atoms with Crippen LogP contribution < -0.4 is 10.6 Å². The quantitative estimate of drug-likeness (QED) is 0.656. The largest absolute Gasteiger partial charge is 0.366 e. The van der Waals surface area contributed by atoms with E-state index in [2.05, 4.69) is 39.4 Å². The van der Waals surface area contributed by atoms with Crippen molar-refractivity contribution in [1.82, 2.24) is 15.0 Å². The minimum Gasteiger partial charge on any atom is -0.366 e. The average Bonchev–Trinajstić information content (AvgIpc) is 2.67. The highest BCUT2D eigenvalue weighted by atomic mass is 19.1. The number of rotatable bonds is 7. The monoisotopic (exact) mass is 351 g/mol.